The van der Waals surface area contributed by atoms with Crippen LogP contribution in [0.15, 0.2) is 72.8 Å². The molecule has 0 saturated heterocycles. The Labute approximate surface area is 189 Å². The second-order valence-corrected chi connectivity index (χ2v) is 7.46. The number of rotatable bonds is 7. The molecule has 9 heteroatoms. The quantitative estimate of drug-likeness (QED) is 0.311. The Morgan fingerprint density at radius 3 is 2.38 bits per heavy atom. The first-order valence-electron chi connectivity index (χ1n) is 9.54. The molecular formula is C23H20ClN3O5. The van der Waals surface area contributed by atoms with E-state index >= 15 is 0 Å². The number of esters is 1. The van der Waals surface area contributed by atoms with Crippen molar-refractivity contribution in [1.29, 1.82) is 0 Å². The van der Waals surface area contributed by atoms with Gasteiger partial charge in [-0.15, -0.1) is 0 Å². The number of hydrogen-bond acceptors (Lipinski definition) is 6. The van der Waals surface area contributed by atoms with Crippen LogP contribution in [0, 0.1) is 10.1 Å². The Hall–Kier alpha value is -3.91. The van der Waals surface area contributed by atoms with Crippen LogP contribution < -0.4 is 10.2 Å². The molecule has 3 aromatic rings. The molecule has 1 N–H and O–H groups in total. The number of hydrogen-bond donors (Lipinski definition) is 1. The van der Waals surface area contributed by atoms with Crippen LogP contribution in [0.1, 0.15) is 22.0 Å². The largest absolute Gasteiger partial charge is 0.444 e. The zero-order valence-corrected chi connectivity index (χ0v) is 18.1. The van der Waals surface area contributed by atoms with E-state index in [1.165, 1.54) is 12.1 Å². The molecule has 3 aromatic carbocycles. The molecule has 0 aliphatic rings. The SMILES string of the molecule is CN(C)c1cccc(C(=O)O[C@@H](C(=O)Nc2ccc([N+](=O)[O-])cc2Cl)c2ccccc2)c1. The van der Waals surface area contributed by atoms with Crippen molar-refractivity contribution in [2.75, 3.05) is 24.3 Å². The molecule has 0 unspecified atom stereocenters. The maximum atomic E-state index is 13.0. The average Bonchev–Trinajstić information content (AvgIpc) is 2.79. The summed E-state index contributed by atoms with van der Waals surface area (Å²) in [5.74, 6) is -1.32. The van der Waals surface area contributed by atoms with Gasteiger partial charge >= 0.3 is 5.97 Å². The van der Waals surface area contributed by atoms with Crippen LogP contribution in [0.2, 0.25) is 5.02 Å². The highest BCUT2D eigenvalue weighted by atomic mass is 35.5. The molecule has 0 radical (unpaired) electrons. The molecule has 0 aliphatic carbocycles. The van der Waals surface area contributed by atoms with E-state index in [-0.39, 0.29) is 16.4 Å². The number of nitro benzene ring substituents is 1. The summed E-state index contributed by atoms with van der Waals surface area (Å²) in [5, 5.41) is 13.5. The fourth-order valence-corrected chi connectivity index (χ4v) is 3.13. The number of nitrogens with one attached hydrogen (secondary N) is 1. The molecule has 1 amide bonds. The summed E-state index contributed by atoms with van der Waals surface area (Å²) < 4.78 is 5.57. The summed E-state index contributed by atoms with van der Waals surface area (Å²) in [7, 11) is 3.69. The first-order chi connectivity index (χ1) is 15.3. The van der Waals surface area contributed by atoms with Gasteiger partial charge in [-0.25, -0.2) is 4.79 Å². The molecule has 0 fully saturated rings. The number of carbonyl (C=O) groups excluding carboxylic acids is 2. The van der Waals surface area contributed by atoms with Gasteiger partial charge in [0.25, 0.3) is 11.6 Å². The van der Waals surface area contributed by atoms with Gasteiger partial charge in [0.05, 0.1) is 21.2 Å². The first kappa shape index (κ1) is 22.8. The minimum atomic E-state index is -1.27. The summed E-state index contributed by atoms with van der Waals surface area (Å²) in [5.41, 5.74) is 1.50. The van der Waals surface area contributed by atoms with E-state index in [0.29, 0.717) is 11.1 Å². The van der Waals surface area contributed by atoms with Gasteiger partial charge < -0.3 is 15.0 Å². The van der Waals surface area contributed by atoms with Crippen molar-refractivity contribution in [2.45, 2.75) is 6.10 Å². The number of benzene rings is 3. The van der Waals surface area contributed by atoms with E-state index in [4.69, 9.17) is 16.3 Å². The highest BCUT2D eigenvalue weighted by Gasteiger charge is 2.27. The maximum absolute atomic E-state index is 13.0. The number of non-ortho nitro benzene ring substituents is 1. The third-order valence-corrected chi connectivity index (χ3v) is 4.90. The van der Waals surface area contributed by atoms with Gasteiger partial charge in [-0.3, -0.25) is 14.9 Å². The Bertz CT molecular complexity index is 1150. The third-order valence-electron chi connectivity index (χ3n) is 4.58. The fraction of sp³-hybridized carbons (Fsp3) is 0.130. The minimum absolute atomic E-state index is 0.00984. The van der Waals surface area contributed by atoms with Crippen molar-refractivity contribution in [2.24, 2.45) is 0 Å². The topological polar surface area (TPSA) is 102 Å². The lowest BCUT2D eigenvalue weighted by Gasteiger charge is -2.19. The van der Waals surface area contributed by atoms with Crippen LogP contribution >= 0.6 is 11.6 Å². The Kier molecular flexibility index (Phi) is 7.07. The molecule has 0 saturated carbocycles. The average molecular weight is 454 g/mol. The number of amides is 1. The molecule has 0 bridgehead atoms. The molecule has 0 aromatic heterocycles. The van der Waals surface area contributed by atoms with Gasteiger partial charge in [-0.2, -0.15) is 0 Å². The first-order valence-corrected chi connectivity index (χ1v) is 9.92. The Morgan fingerprint density at radius 1 is 1.03 bits per heavy atom. The summed E-state index contributed by atoms with van der Waals surface area (Å²) >= 11 is 6.09. The number of halogens is 1. The Morgan fingerprint density at radius 2 is 1.75 bits per heavy atom. The second-order valence-electron chi connectivity index (χ2n) is 7.05. The normalized spacial score (nSPS) is 11.3. The lowest BCUT2D eigenvalue weighted by Crippen LogP contribution is -2.26. The lowest BCUT2D eigenvalue weighted by molar-refractivity contribution is -0.384. The van der Waals surface area contributed by atoms with Crippen molar-refractivity contribution in [3.8, 4) is 0 Å². The zero-order chi connectivity index (χ0) is 23.3. The monoisotopic (exact) mass is 453 g/mol. The van der Waals surface area contributed by atoms with Gasteiger partial charge in [0.15, 0.2) is 0 Å². The van der Waals surface area contributed by atoms with Crippen molar-refractivity contribution < 1.29 is 19.2 Å². The van der Waals surface area contributed by atoms with Crippen LogP contribution in [0.3, 0.4) is 0 Å². The van der Waals surface area contributed by atoms with Crippen LogP contribution in [-0.2, 0) is 9.53 Å². The number of anilines is 2. The lowest BCUT2D eigenvalue weighted by atomic mass is 10.1. The molecule has 3 rings (SSSR count). The fourth-order valence-electron chi connectivity index (χ4n) is 2.90. The van der Waals surface area contributed by atoms with Crippen molar-refractivity contribution in [1.82, 2.24) is 0 Å². The Balaban J connectivity index is 1.87. The van der Waals surface area contributed by atoms with Crippen molar-refractivity contribution in [3.05, 3.63) is 99.1 Å². The van der Waals surface area contributed by atoms with Gasteiger partial charge in [0, 0.05) is 37.5 Å². The second kappa shape index (κ2) is 9.93. The molecule has 0 aliphatic heterocycles. The van der Waals surface area contributed by atoms with Crippen LogP contribution in [0.4, 0.5) is 17.1 Å². The van der Waals surface area contributed by atoms with Gasteiger partial charge in [0.1, 0.15) is 0 Å². The van der Waals surface area contributed by atoms with E-state index in [1.807, 2.05) is 25.1 Å². The van der Waals surface area contributed by atoms with Gasteiger partial charge in [0.2, 0.25) is 6.10 Å². The minimum Gasteiger partial charge on any atom is -0.444 e. The molecule has 164 valence electrons. The predicted molar refractivity (Wildman–Crippen MR) is 122 cm³/mol. The van der Waals surface area contributed by atoms with Crippen LogP contribution in [0.5, 0.6) is 0 Å². The number of carbonyl (C=O) groups is 2. The molecule has 8 nitrogen and oxygen atoms in total. The predicted octanol–water partition coefficient (Wildman–Crippen LogP) is 4.85. The number of nitro groups is 1. The van der Waals surface area contributed by atoms with E-state index in [1.54, 1.807) is 48.5 Å². The molecule has 0 spiro atoms. The van der Waals surface area contributed by atoms with Crippen molar-refractivity contribution >= 4 is 40.5 Å². The van der Waals surface area contributed by atoms with Crippen molar-refractivity contribution in [3.63, 3.8) is 0 Å². The molecule has 32 heavy (non-hydrogen) atoms. The summed E-state index contributed by atoms with van der Waals surface area (Å²) in [6, 6.07) is 19.0. The molecular weight excluding hydrogens is 434 g/mol. The van der Waals surface area contributed by atoms with Gasteiger partial charge in [-0.1, -0.05) is 48.0 Å². The third kappa shape index (κ3) is 5.41. The zero-order valence-electron chi connectivity index (χ0n) is 17.3. The molecule has 0 heterocycles. The summed E-state index contributed by atoms with van der Waals surface area (Å²) in [6.45, 7) is 0. The summed E-state index contributed by atoms with van der Waals surface area (Å²) in [4.78, 5) is 38.0. The number of ether oxygens (including phenoxy) is 1. The summed E-state index contributed by atoms with van der Waals surface area (Å²) in [6.07, 6.45) is -1.27. The van der Waals surface area contributed by atoms with Gasteiger partial charge in [-0.05, 0) is 24.3 Å². The van der Waals surface area contributed by atoms with E-state index in [9.17, 15) is 19.7 Å². The maximum Gasteiger partial charge on any atom is 0.339 e. The van der Waals surface area contributed by atoms with Crippen LogP contribution in [0.25, 0.3) is 0 Å². The highest BCUT2D eigenvalue weighted by Crippen LogP contribution is 2.29. The smallest absolute Gasteiger partial charge is 0.339 e. The highest BCUT2D eigenvalue weighted by molar-refractivity contribution is 6.34. The van der Waals surface area contributed by atoms with E-state index < -0.39 is 22.9 Å². The standard InChI is InChI=1S/C23H20ClN3O5/c1-26(2)17-10-6-9-16(13-17)23(29)32-21(15-7-4-3-5-8-15)22(28)25-20-12-11-18(27(30)31)14-19(20)24/h3-14,21H,1-2H3,(H,25,28)/t21-/m1/s1. The van der Waals surface area contributed by atoms with E-state index in [2.05, 4.69) is 5.32 Å². The number of nitrogens with zero attached hydrogens (tertiary/aromatic N) is 2. The van der Waals surface area contributed by atoms with Crippen LogP contribution in [-0.4, -0.2) is 30.9 Å². The van der Waals surface area contributed by atoms with E-state index in [0.717, 1.165) is 11.8 Å². The molecule has 1 atom stereocenters.